The van der Waals surface area contributed by atoms with Gasteiger partial charge in [-0.2, -0.15) is 0 Å². The molecule has 0 radical (unpaired) electrons. The summed E-state index contributed by atoms with van der Waals surface area (Å²) >= 11 is 0. The van der Waals surface area contributed by atoms with Gasteiger partial charge < -0.3 is 20.4 Å². The van der Waals surface area contributed by atoms with Gasteiger partial charge in [0.2, 0.25) is 0 Å². The van der Waals surface area contributed by atoms with Crippen molar-refractivity contribution in [2.45, 2.75) is 24.2 Å². The number of para-hydroxylation sites is 4. The summed E-state index contributed by atoms with van der Waals surface area (Å²) in [5.74, 6) is -0.786. The van der Waals surface area contributed by atoms with Crippen molar-refractivity contribution in [1.82, 2.24) is 10.6 Å². The summed E-state index contributed by atoms with van der Waals surface area (Å²) in [6.45, 7) is 0. The van der Waals surface area contributed by atoms with Gasteiger partial charge >= 0.3 is 18.8 Å². The molecule has 2 N–H and O–H groups in total. The van der Waals surface area contributed by atoms with Gasteiger partial charge in [0.1, 0.15) is 0 Å². The molecule has 0 heterocycles. The smallest absolute Gasteiger partial charge is 0.872 e. The normalized spacial score (nSPS) is 12.4. The molecule has 0 amide bonds. The molecular weight excluding hydrogens is 599 g/mol. The standard InChI is InChI=1S/C40H36N2O4.Al/c43-33-23-11-7-19-29(33)39(30-20-8-12-24-34(30)44)41-37(27-15-3-1-4-16-27)38(28-17-5-2-6-18-28)42-40(31-21-9-13-25-35(31)45)32-22-10-14-26-36(32)46;/h1-26,37-46H;/q;+3/p-3. The van der Waals surface area contributed by atoms with Crippen LogP contribution >= 0.6 is 0 Å². The fraction of sp³-hybridized carbons (Fsp3) is 0.100. The molecule has 0 spiro atoms. The van der Waals surface area contributed by atoms with Gasteiger partial charge in [-0.05, 0) is 33.4 Å². The SMILES string of the molecule is [Al+3].[H+].[O-]c1ccccc1C(NC(c1ccccc1)C(NC(c1ccccc1[O-])c1ccccc1[O-])c1ccccc1)c1ccccc1[O-]. The van der Waals surface area contributed by atoms with Gasteiger partial charge in [0.15, 0.2) is 0 Å². The van der Waals surface area contributed by atoms with Crippen molar-refractivity contribution in [1.29, 1.82) is 0 Å². The molecule has 6 aromatic carbocycles. The second kappa shape index (κ2) is 15.5. The molecule has 0 aliphatic rings. The Labute approximate surface area is 287 Å². The zero-order valence-electron chi connectivity index (χ0n) is 26.5. The molecule has 0 aliphatic carbocycles. The molecule has 0 saturated carbocycles. The Kier molecular flexibility index (Phi) is 11.0. The van der Waals surface area contributed by atoms with E-state index in [9.17, 15) is 20.4 Å². The topological polar surface area (TPSA) is 116 Å². The first-order chi connectivity index (χ1) is 22.5. The van der Waals surface area contributed by atoms with Crippen molar-refractivity contribution >= 4 is 17.4 Å². The number of nitrogens with one attached hydrogen (secondary N) is 2. The summed E-state index contributed by atoms with van der Waals surface area (Å²) in [6.07, 6.45) is 0. The zero-order chi connectivity index (χ0) is 31.9. The molecule has 47 heavy (non-hydrogen) atoms. The van der Waals surface area contributed by atoms with Gasteiger partial charge in [-0.25, -0.2) is 0 Å². The van der Waals surface area contributed by atoms with E-state index < -0.39 is 24.2 Å². The number of hydrogen-bond donors (Lipinski definition) is 2. The summed E-state index contributed by atoms with van der Waals surface area (Å²) in [4.78, 5) is 0. The molecule has 6 nitrogen and oxygen atoms in total. The summed E-state index contributed by atoms with van der Waals surface area (Å²) in [5.41, 5.74) is 3.50. The average Bonchev–Trinajstić information content (AvgIpc) is 3.09. The summed E-state index contributed by atoms with van der Waals surface area (Å²) in [6, 6.07) is 43.7. The Bertz CT molecular complexity index is 1660. The Morgan fingerprint density at radius 2 is 0.574 bits per heavy atom. The molecule has 0 bridgehead atoms. The van der Waals surface area contributed by atoms with E-state index in [2.05, 4.69) is 10.6 Å². The van der Waals surface area contributed by atoms with E-state index in [0.717, 1.165) is 11.1 Å². The van der Waals surface area contributed by atoms with Crippen LogP contribution in [0.1, 0.15) is 59.0 Å². The molecule has 6 aromatic rings. The maximum Gasteiger partial charge on any atom is 3.00 e. The maximum atomic E-state index is 13.3. The largest absolute Gasteiger partial charge is 3.00 e. The predicted molar refractivity (Wildman–Crippen MR) is 179 cm³/mol. The summed E-state index contributed by atoms with van der Waals surface area (Å²) in [7, 11) is 0. The van der Waals surface area contributed by atoms with Crippen molar-refractivity contribution in [3.8, 4) is 23.0 Å². The van der Waals surface area contributed by atoms with Crippen LogP contribution in [0, 0.1) is 0 Å². The first-order valence-corrected chi connectivity index (χ1v) is 15.2. The van der Waals surface area contributed by atoms with Gasteiger partial charge in [-0.1, -0.05) is 158 Å². The Balaban J connectivity index is 0.00000260. The minimum atomic E-state index is -0.766. The van der Waals surface area contributed by atoms with Crippen molar-refractivity contribution in [2.24, 2.45) is 0 Å². The van der Waals surface area contributed by atoms with E-state index >= 15 is 0 Å². The third-order valence-electron chi connectivity index (χ3n) is 8.26. The summed E-state index contributed by atoms with van der Waals surface area (Å²) in [5, 5.41) is 60.6. The predicted octanol–water partition coefficient (Wildman–Crippen LogP) is 5.25. The molecule has 2 unspecified atom stereocenters. The van der Waals surface area contributed by atoms with E-state index in [-0.39, 0.29) is 41.8 Å². The van der Waals surface area contributed by atoms with Crippen LogP contribution in [0.25, 0.3) is 0 Å². The molecule has 0 saturated heterocycles. The van der Waals surface area contributed by atoms with Gasteiger partial charge in [0, 0.05) is 0 Å². The van der Waals surface area contributed by atoms with Crippen molar-refractivity contribution < 1.29 is 21.9 Å². The molecule has 7 heteroatoms. The van der Waals surface area contributed by atoms with Crippen LogP contribution in [0.15, 0.2) is 158 Å². The van der Waals surface area contributed by atoms with Crippen LogP contribution in [-0.4, -0.2) is 17.4 Å². The van der Waals surface area contributed by atoms with E-state index in [1.807, 2.05) is 60.7 Å². The maximum absolute atomic E-state index is 13.3. The molecule has 0 fully saturated rings. The van der Waals surface area contributed by atoms with Crippen LogP contribution in [0.5, 0.6) is 23.0 Å². The third kappa shape index (κ3) is 7.52. The third-order valence-corrected chi connectivity index (χ3v) is 8.26. The van der Waals surface area contributed by atoms with Crippen LogP contribution < -0.4 is 31.1 Å². The first kappa shape index (κ1) is 33.3. The van der Waals surface area contributed by atoms with Gasteiger partial charge in [0.05, 0.1) is 24.2 Å². The molecule has 0 aromatic heterocycles. The average molecular weight is 633 g/mol. The van der Waals surface area contributed by atoms with Gasteiger partial charge in [-0.15, -0.1) is 23.0 Å². The number of rotatable bonds is 11. The summed E-state index contributed by atoms with van der Waals surface area (Å²) < 4.78 is 0. The fourth-order valence-electron chi connectivity index (χ4n) is 6.02. The van der Waals surface area contributed by atoms with Crippen LogP contribution in [-0.2, 0) is 0 Å². The zero-order valence-corrected chi connectivity index (χ0v) is 26.7. The number of hydrogen-bond acceptors (Lipinski definition) is 6. The first-order valence-electron chi connectivity index (χ1n) is 15.2. The second-order valence-corrected chi connectivity index (χ2v) is 11.1. The fourth-order valence-corrected chi connectivity index (χ4v) is 6.02. The van der Waals surface area contributed by atoms with Gasteiger partial charge in [-0.3, -0.25) is 10.6 Å². The van der Waals surface area contributed by atoms with Crippen molar-refractivity contribution in [3.05, 3.63) is 191 Å². The minimum Gasteiger partial charge on any atom is -0.872 e. The molecular formula is C40H33AlN2O4. The van der Waals surface area contributed by atoms with Crippen LogP contribution in [0.2, 0.25) is 0 Å². The second-order valence-electron chi connectivity index (χ2n) is 11.1. The monoisotopic (exact) mass is 632 g/mol. The van der Waals surface area contributed by atoms with Crippen LogP contribution in [0.4, 0.5) is 0 Å². The Morgan fingerprint density at radius 1 is 0.340 bits per heavy atom. The van der Waals surface area contributed by atoms with E-state index in [0.29, 0.717) is 22.3 Å². The van der Waals surface area contributed by atoms with Gasteiger partial charge in [0.25, 0.3) is 0 Å². The van der Waals surface area contributed by atoms with Crippen LogP contribution in [0.3, 0.4) is 0 Å². The number of benzene rings is 6. The van der Waals surface area contributed by atoms with E-state index in [4.69, 9.17) is 0 Å². The van der Waals surface area contributed by atoms with E-state index in [1.165, 1.54) is 24.3 Å². The van der Waals surface area contributed by atoms with Crippen molar-refractivity contribution in [3.63, 3.8) is 0 Å². The molecule has 6 rings (SSSR count). The minimum absolute atomic E-state index is 0. The molecule has 0 aliphatic heterocycles. The Morgan fingerprint density at radius 3 is 0.830 bits per heavy atom. The quantitative estimate of drug-likeness (QED) is 0.189. The van der Waals surface area contributed by atoms with E-state index in [1.54, 1.807) is 72.8 Å². The Hall–Kier alpha value is -5.03. The molecule has 2 atom stereocenters. The van der Waals surface area contributed by atoms with Crippen molar-refractivity contribution in [2.75, 3.05) is 0 Å². The molecule has 230 valence electrons.